The van der Waals surface area contributed by atoms with Crippen LogP contribution < -0.4 is 4.74 Å². The molecule has 1 aliphatic heterocycles. The molecule has 0 radical (unpaired) electrons. The third kappa shape index (κ3) is 3.73. The number of hydrogen-bond acceptors (Lipinski definition) is 4. The fourth-order valence-corrected chi connectivity index (χ4v) is 4.08. The number of nitrogens with zero attached hydrogens (tertiary/aromatic N) is 3. The van der Waals surface area contributed by atoms with Crippen molar-refractivity contribution in [2.24, 2.45) is 0 Å². The molecular weight excluding hydrogens is 353 g/mol. The lowest BCUT2D eigenvalue weighted by atomic mass is 9.94. The highest BCUT2D eigenvalue weighted by molar-refractivity contribution is 5.81. The van der Waals surface area contributed by atoms with Crippen LogP contribution in [0.3, 0.4) is 0 Å². The van der Waals surface area contributed by atoms with Gasteiger partial charge in [0.25, 0.3) is 0 Å². The number of piperazine rings is 1. The Morgan fingerprint density at radius 1 is 1.07 bits per heavy atom. The molecule has 0 N–H and O–H groups in total. The van der Waals surface area contributed by atoms with E-state index < -0.39 is 0 Å². The maximum Gasteiger partial charge on any atom is 0.124 e. The summed E-state index contributed by atoms with van der Waals surface area (Å²) >= 11 is 0. The lowest BCUT2D eigenvalue weighted by Crippen LogP contribution is -2.47. The Hall–Kier alpha value is -2.50. The quantitative estimate of drug-likeness (QED) is 0.667. The summed E-state index contributed by atoms with van der Waals surface area (Å²) in [7, 11) is 1.71. The zero-order valence-corrected chi connectivity index (χ0v) is 16.4. The van der Waals surface area contributed by atoms with Crippen LogP contribution in [-0.4, -0.2) is 54.6 Å². The summed E-state index contributed by atoms with van der Waals surface area (Å²) in [4.78, 5) is 9.46. The molecular formula is C23H26FN3O. The van der Waals surface area contributed by atoms with E-state index in [-0.39, 0.29) is 11.9 Å². The first-order chi connectivity index (χ1) is 13.7. The van der Waals surface area contributed by atoms with Gasteiger partial charge in [-0.3, -0.25) is 9.88 Å². The molecule has 0 aliphatic carbocycles. The van der Waals surface area contributed by atoms with Crippen molar-refractivity contribution < 1.29 is 9.13 Å². The Morgan fingerprint density at radius 2 is 1.82 bits per heavy atom. The molecule has 3 aromatic rings. The second kappa shape index (κ2) is 8.25. The number of halogens is 1. The molecule has 1 unspecified atom stereocenters. The normalized spacial score (nSPS) is 17.0. The second-order valence-corrected chi connectivity index (χ2v) is 7.21. The van der Waals surface area contributed by atoms with E-state index in [1.54, 1.807) is 7.11 Å². The third-order valence-corrected chi connectivity index (χ3v) is 5.65. The SMILES string of the molecule is CCN1CCN(C(c2ccc(F)cc2)c2cc3ncccc3cc2OC)CC1. The van der Waals surface area contributed by atoms with E-state index in [1.807, 2.05) is 30.5 Å². The lowest BCUT2D eigenvalue weighted by Gasteiger charge is -2.39. The van der Waals surface area contributed by atoms with Crippen molar-refractivity contribution in [2.75, 3.05) is 39.8 Å². The average molecular weight is 379 g/mol. The summed E-state index contributed by atoms with van der Waals surface area (Å²) < 4.78 is 19.4. The molecule has 146 valence electrons. The van der Waals surface area contributed by atoms with Crippen molar-refractivity contribution in [3.05, 3.63) is 71.7 Å². The number of hydrogen-bond donors (Lipinski definition) is 0. The number of ether oxygens (including phenoxy) is 1. The van der Waals surface area contributed by atoms with E-state index in [0.29, 0.717) is 0 Å². The van der Waals surface area contributed by atoms with E-state index in [4.69, 9.17) is 4.74 Å². The fourth-order valence-electron chi connectivity index (χ4n) is 4.08. The average Bonchev–Trinajstić information content (AvgIpc) is 2.75. The van der Waals surface area contributed by atoms with Gasteiger partial charge in [0.2, 0.25) is 0 Å². The molecule has 2 aromatic carbocycles. The molecule has 4 nitrogen and oxygen atoms in total. The van der Waals surface area contributed by atoms with Crippen LogP contribution in [0, 0.1) is 5.82 Å². The minimum atomic E-state index is -0.217. The van der Waals surface area contributed by atoms with Crippen molar-refractivity contribution in [2.45, 2.75) is 13.0 Å². The van der Waals surface area contributed by atoms with Crippen molar-refractivity contribution in [1.29, 1.82) is 0 Å². The number of rotatable bonds is 5. The number of pyridine rings is 1. The molecule has 0 bridgehead atoms. The van der Waals surface area contributed by atoms with Crippen LogP contribution in [0.25, 0.3) is 10.9 Å². The van der Waals surface area contributed by atoms with Crippen LogP contribution in [0.5, 0.6) is 5.75 Å². The standard InChI is InChI=1S/C23H26FN3O/c1-3-26-11-13-27(14-12-26)23(17-6-8-19(24)9-7-17)20-16-21-18(5-4-10-25-21)15-22(20)28-2/h4-10,15-16,23H,3,11-14H2,1-2H3. The minimum Gasteiger partial charge on any atom is -0.496 e. The largest absolute Gasteiger partial charge is 0.496 e. The van der Waals surface area contributed by atoms with Gasteiger partial charge in [0.05, 0.1) is 18.7 Å². The van der Waals surface area contributed by atoms with Crippen LogP contribution in [0.15, 0.2) is 54.7 Å². The van der Waals surface area contributed by atoms with Gasteiger partial charge in [0, 0.05) is 43.3 Å². The fraction of sp³-hybridized carbons (Fsp3) is 0.348. The van der Waals surface area contributed by atoms with Crippen molar-refractivity contribution in [3.8, 4) is 5.75 Å². The van der Waals surface area contributed by atoms with Crippen LogP contribution >= 0.6 is 0 Å². The van der Waals surface area contributed by atoms with Gasteiger partial charge in [-0.2, -0.15) is 0 Å². The summed E-state index contributed by atoms with van der Waals surface area (Å²) in [5.41, 5.74) is 3.09. The highest BCUT2D eigenvalue weighted by Gasteiger charge is 2.28. The Balaban J connectivity index is 1.81. The maximum atomic E-state index is 13.6. The van der Waals surface area contributed by atoms with Crippen LogP contribution in [0.1, 0.15) is 24.1 Å². The summed E-state index contributed by atoms with van der Waals surface area (Å²) in [6.07, 6.45) is 1.81. The Kier molecular flexibility index (Phi) is 5.55. The Morgan fingerprint density at radius 3 is 2.50 bits per heavy atom. The third-order valence-electron chi connectivity index (χ3n) is 5.65. The molecule has 1 fully saturated rings. The first kappa shape index (κ1) is 18.8. The van der Waals surface area contributed by atoms with Gasteiger partial charge in [-0.05, 0) is 42.4 Å². The molecule has 1 saturated heterocycles. The molecule has 0 amide bonds. The number of likely N-dealkylation sites (N-methyl/N-ethyl adjacent to an activating group) is 1. The van der Waals surface area contributed by atoms with Gasteiger partial charge in [0.15, 0.2) is 0 Å². The number of methoxy groups -OCH3 is 1. The Labute approximate surface area is 165 Å². The molecule has 0 spiro atoms. The van der Waals surface area contributed by atoms with Gasteiger partial charge in [-0.15, -0.1) is 0 Å². The molecule has 1 aromatic heterocycles. The van der Waals surface area contributed by atoms with Crippen molar-refractivity contribution >= 4 is 10.9 Å². The monoisotopic (exact) mass is 379 g/mol. The smallest absolute Gasteiger partial charge is 0.124 e. The first-order valence-electron chi connectivity index (χ1n) is 9.84. The summed E-state index contributed by atoms with van der Waals surface area (Å²) in [5.74, 6) is 0.623. The van der Waals surface area contributed by atoms with E-state index in [2.05, 4.69) is 33.8 Å². The van der Waals surface area contributed by atoms with Crippen molar-refractivity contribution in [3.63, 3.8) is 0 Å². The van der Waals surface area contributed by atoms with E-state index in [1.165, 1.54) is 12.1 Å². The summed E-state index contributed by atoms with van der Waals surface area (Å²) in [5, 5.41) is 1.05. The number of aromatic nitrogens is 1. The van der Waals surface area contributed by atoms with Crippen molar-refractivity contribution in [1.82, 2.24) is 14.8 Å². The van der Waals surface area contributed by atoms with Gasteiger partial charge < -0.3 is 9.64 Å². The highest BCUT2D eigenvalue weighted by atomic mass is 19.1. The van der Waals surface area contributed by atoms with Crippen LogP contribution in [0.4, 0.5) is 4.39 Å². The van der Waals surface area contributed by atoms with Crippen LogP contribution in [0.2, 0.25) is 0 Å². The molecule has 1 aliphatic rings. The zero-order chi connectivity index (χ0) is 19.5. The second-order valence-electron chi connectivity index (χ2n) is 7.21. The maximum absolute atomic E-state index is 13.6. The molecule has 0 saturated carbocycles. The molecule has 4 rings (SSSR count). The van der Waals surface area contributed by atoms with Gasteiger partial charge in [0.1, 0.15) is 11.6 Å². The van der Waals surface area contributed by atoms with Gasteiger partial charge >= 0.3 is 0 Å². The molecule has 1 atom stereocenters. The predicted octanol–water partition coefficient (Wildman–Crippen LogP) is 4.11. The molecule has 5 heteroatoms. The first-order valence-corrected chi connectivity index (χ1v) is 9.84. The number of fused-ring (bicyclic) bond motifs is 1. The van der Waals surface area contributed by atoms with Crippen LogP contribution in [-0.2, 0) is 0 Å². The van der Waals surface area contributed by atoms with E-state index in [9.17, 15) is 4.39 Å². The lowest BCUT2D eigenvalue weighted by molar-refractivity contribution is 0.112. The van der Waals surface area contributed by atoms with Gasteiger partial charge in [-0.1, -0.05) is 25.1 Å². The Bertz CT molecular complexity index is 936. The topological polar surface area (TPSA) is 28.6 Å². The predicted molar refractivity (Wildman–Crippen MR) is 110 cm³/mol. The van der Waals surface area contributed by atoms with Gasteiger partial charge in [-0.25, -0.2) is 4.39 Å². The molecule has 28 heavy (non-hydrogen) atoms. The zero-order valence-electron chi connectivity index (χ0n) is 16.4. The number of benzene rings is 2. The summed E-state index contributed by atoms with van der Waals surface area (Å²) in [6.45, 7) is 7.24. The molecule has 2 heterocycles. The van der Waals surface area contributed by atoms with E-state index >= 15 is 0 Å². The minimum absolute atomic E-state index is 0.000891. The van der Waals surface area contributed by atoms with E-state index in [0.717, 1.165) is 60.5 Å². The summed E-state index contributed by atoms with van der Waals surface area (Å²) in [6, 6.07) is 15.0. The highest BCUT2D eigenvalue weighted by Crippen LogP contribution is 2.37.